The number of aliphatic carboxylic acids is 1. The maximum absolute atomic E-state index is 11.5. The SMILES string of the molecule is CB(O)C[C@H](Cc1ccc(-c2ccccc2Cl)cc1)C[C@@](C)(CO)C(=O)O. The molecule has 144 valence electrons. The molecule has 2 aromatic rings. The fourth-order valence-corrected chi connectivity index (χ4v) is 3.67. The zero-order valence-electron chi connectivity index (χ0n) is 15.7. The Hall–Kier alpha value is -1.82. The van der Waals surface area contributed by atoms with Crippen molar-refractivity contribution in [2.24, 2.45) is 11.3 Å². The van der Waals surface area contributed by atoms with Crippen LogP contribution >= 0.6 is 11.6 Å². The zero-order valence-corrected chi connectivity index (χ0v) is 16.5. The highest BCUT2D eigenvalue weighted by atomic mass is 35.5. The number of carbonyl (C=O) groups is 1. The van der Waals surface area contributed by atoms with Crippen LogP contribution < -0.4 is 0 Å². The highest BCUT2D eigenvalue weighted by molar-refractivity contribution is 6.48. The van der Waals surface area contributed by atoms with Gasteiger partial charge in [-0.05, 0) is 49.2 Å². The molecule has 2 atom stereocenters. The van der Waals surface area contributed by atoms with E-state index in [9.17, 15) is 20.0 Å². The molecule has 0 unspecified atom stereocenters. The van der Waals surface area contributed by atoms with Crippen LogP contribution in [-0.4, -0.2) is 34.7 Å². The number of benzene rings is 2. The van der Waals surface area contributed by atoms with Crippen molar-refractivity contribution in [3.8, 4) is 11.1 Å². The summed E-state index contributed by atoms with van der Waals surface area (Å²) in [6, 6.07) is 15.7. The summed E-state index contributed by atoms with van der Waals surface area (Å²) in [5.41, 5.74) is 1.83. The quantitative estimate of drug-likeness (QED) is 0.561. The molecular weight excluding hydrogens is 362 g/mol. The summed E-state index contributed by atoms with van der Waals surface area (Å²) in [7, 11) is 0. The third-order valence-electron chi connectivity index (χ3n) is 4.94. The lowest BCUT2D eigenvalue weighted by atomic mass is 9.60. The van der Waals surface area contributed by atoms with Gasteiger partial charge in [0, 0.05) is 10.6 Å². The molecule has 0 aliphatic heterocycles. The van der Waals surface area contributed by atoms with Gasteiger partial charge in [-0.25, -0.2) is 0 Å². The zero-order chi connectivity index (χ0) is 20.0. The Balaban J connectivity index is 2.17. The molecule has 2 rings (SSSR count). The van der Waals surface area contributed by atoms with E-state index in [1.165, 1.54) is 0 Å². The molecule has 0 spiro atoms. The van der Waals surface area contributed by atoms with Crippen LogP contribution in [0.3, 0.4) is 0 Å². The second kappa shape index (κ2) is 9.40. The standard InChI is InChI=1S/C21H26BClO4/c1-21(14-24,20(25)26)12-16(13-22(2)27)11-15-7-9-17(10-8-15)18-5-3-4-6-19(18)23/h3-10,16,24,27H,11-14H2,1-2H3,(H,25,26)/t16-,21+/m1/s1. The third kappa shape index (κ3) is 5.83. The monoisotopic (exact) mass is 388 g/mol. The second-order valence-corrected chi connectivity index (χ2v) is 7.97. The summed E-state index contributed by atoms with van der Waals surface area (Å²) in [6.45, 7) is 2.29. The van der Waals surface area contributed by atoms with E-state index in [1.807, 2.05) is 48.5 Å². The van der Waals surface area contributed by atoms with E-state index in [2.05, 4.69) is 0 Å². The van der Waals surface area contributed by atoms with Crippen molar-refractivity contribution in [3.63, 3.8) is 0 Å². The van der Waals surface area contributed by atoms with Gasteiger partial charge in [0.25, 0.3) is 6.92 Å². The Kier molecular flexibility index (Phi) is 7.48. The first-order valence-corrected chi connectivity index (χ1v) is 9.49. The number of halogens is 1. The van der Waals surface area contributed by atoms with Gasteiger partial charge in [-0.2, -0.15) is 0 Å². The smallest absolute Gasteiger partial charge is 0.311 e. The van der Waals surface area contributed by atoms with E-state index in [4.69, 9.17) is 11.6 Å². The van der Waals surface area contributed by atoms with E-state index in [0.29, 0.717) is 24.2 Å². The van der Waals surface area contributed by atoms with Gasteiger partial charge in [-0.15, -0.1) is 0 Å². The molecule has 0 saturated heterocycles. The van der Waals surface area contributed by atoms with Crippen molar-refractivity contribution in [2.75, 3.05) is 6.61 Å². The molecule has 3 N–H and O–H groups in total. The fourth-order valence-electron chi connectivity index (χ4n) is 3.43. The van der Waals surface area contributed by atoms with Crippen LogP contribution in [-0.2, 0) is 11.2 Å². The van der Waals surface area contributed by atoms with Crippen LogP contribution in [0.2, 0.25) is 18.2 Å². The normalized spacial score (nSPS) is 14.4. The lowest BCUT2D eigenvalue weighted by molar-refractivity contribution is -0.151. The van der Waals surface area contributed by atoms with Crippen molar-refractivity contribution in [3.05, 3.63) is 59.1 Å². The molecular formula is C21H26BClO4. The van der Waals surface area contributed by atoms with Crippen LogP contribution in [0.1, 0.15) is 18.9 Å². The number of carboxylic acids is 1. The van der Waals surface area contributed by atoms with Gasteiger partial charge in [0.15, 0.2) is 0 Å². The van der Waals surface area contributed by atoms with Gasteiger partial charge in [-0.1, -0.05) is 60.9 Å². The fraction of sp³-hybridized carbons (Fsp3) is 0.381. The molecule has 0 aliphatic rings. The second-order valence-electron chi connectivity index (χ2n) is 7.56. The first-order valence-electron chi connectivity index (χ1n) is 9.11. The number of rotatable bonds is 9. The summed E-state index contributed by atoms with van der Waals surface area (Å²) in [6.07, 6.45) is 1.42. The van der Waals surface area contributed by atoms with Crippen LogP contribution in [0.5, 0.6) is 0 Å². The minimum Gasteiger partial charge on any atom is -0.481 e. The Morgan fingerprint density at radius 3 is 2.33 bits per heavy atom. The Bertz CT molecular complexity index is 763. The predicted octanol–water partition coefficient (Wildman–Crippen LogP) is 4.25. The first kappa shape index (κ1) is 21.5. The van der Waals surface area contributed by atoms with E-state index in [1.54, 1.807) is 13.7 Å². The van der Waals surface area contributed by atoms with Gasteiger partial charge in [0.1, 0.15) is 0 Å². The number of carboxylic acid groups (broad SMARTS) is 1. The lowest BCUT2D eigenvalue weighted by Crippen LogP contribution is -2.35. The van der Waals surface area contributed by atoms with Crippen molar-refractivity contribution in [2.45, 2.75) is 32.9 Å². The van der Waals surface area contributed by atoms with E-state index in [-0.39, 0.29) is 5.92 Å². The van der Waals surface area contributed by atoms with E-state index >= 15 is 0 Å². The molecule has 0 saturated carbocycles. The summed E-state index contributed by atoms with van der Waals surface area (Å²) in [4.78, 5) is 11.5. The van der Waals surface area contributed by atoms with Crippen molar-refractivity contribution in [1.82, 2.24) is 0 Å². The predicted molar refractivity (Wildman–Crippen MR) is 110 cm³/mol. The summed E-state index contributed by atoms with van der Waals surface area (Å²) in [5, 5.41) is 29.5. The lowest BCUT2D eigenvalue weighted by Gasteiger charge is -2.28. The Morgan fingerprint density at radius 1 is 1.19 bits per heavy atom. The highest BCUT2D eigenvalue weighted by Crippen LogP contribution is 2.32. The molecule has 0 radical (unpaired) electrons. The molecule has 0 bridgehead atoms. The molecule has 27 heavy (non-hydrogen) atoms. The van der Waals surface area contributed by atoms with Gasteiger partial charge in [-0.3, -0.25) is 4.79 Å². The number of aliphatic hydroxyl groups is 1. The van der Waals surface area contributed by atoms with Crippen LogP contribution in [0.15, 0.2) is 48.5 Å². The number of hydrogen-bond acceptors (Lipinski definition) is 3. The van der Waals surface area contributed by atoms with Crippen molar-refractivity contribution < 1.29 is 20.0 Å². The molecule has 4 nitrogen and oxygen atoms in total. The van der Waals surface area contributed by atoms with Gasteiger partial charge >= 0.3 is 5.97 Å². The minimum atomic E-state index is -1.21. The molecule has 0 fully saturated rings. The highest BCUT2D eigenvalue weighted by Gasteiger charge is 2.35. The largest absolute Gasteiger partial charge is 0.481 e. The molecule has 0 heterocycles. The molecule has 0 amide bonds. The van der Waals surface area contributed by atoms with Gasteiger partial charge in [0.2, 0.25) is 0 Å². The van der Waals surface area contributed by atoms with E-state index < -0.39 is 24.9 Å². The Labute approximate surface area is 165 Å². The molecule has 6 heteroatoms. The Morgan fingerprint density at radius 2 is 1.81 bits per heavy atom. The van der Waals surface area contributed by atoms with Gasteiger partial charge in [0.05, 0.1) is 12.0 Å². The minimum absolute atomic E-state index is 0.0515. The summed E-state index contributed by atoms with van der Waals surface area (Å²) >= 11 is 6.25. The van der Waals surface area contributed by atoms with Crippen molar-refractivity contribution >= 4 is 24.5 Å². The topological polar surface area (TPSA) is 77.8 Å². The maximum atomic E-state index is 11.5. The van der Waals surface area contributed by atoms with E-state index in [0.717, 1.165) is 16.7 Å². The molecule has 2 aromatic carbocycles. The first-order chi connectivity index (χ1) is 12.7. The molecule has 0 aliphatic carbocycles. The van der Waals surface area contributed by atoms with Gasteiger partial charge < -0.3 is 15.2 Å². The van der Waals surface area contributed by atoms with Crippen LogP contribution in [0.25, 0.3) is 11.1 Å². The van der Waals surface area contributed by atoms with Crippen molar-refractivity contribution in [1.29, 1.82) is 0 Å². The molecule has 0 aromatic heterocycles. The summed E-state index contributed by atoms with van der Waals surface area (Å²) in [5.74, 6) is -1.07. The average Bonchev–Trinajstić information content (AvgIpc) is 2.62. The maximum Gasteiger partial charge on any atom is 0.311 e. The van der Waals surface area contributed by atoms with Crippen LogP contribution in [0.4, 0.5) is 0 Å². The number of hydrogen-bond donors (Lipinski definition) is 3. The third-order valence-corrected chi connectivity index (χ3v) is 5.27. The number of aliphatic hydroxyl groups excluding tert-OH is 1. The van der Waals surface area contributed by atoms with Crippen LogP contribution in [0, 0.1) is 11.3 Å². The average molecular weight is 389 g/mol. The summed E-state index contributed by atoms with van der Waals surface area (Å²) < 4.78 is 0.